The summed E-state index contributed by atoms with van der Waals surface area (Å²) in [6, 6.07) is 18.2. The number of ether oxygens (including phenoxy) is 2. The quantitative estimate of drug-likeness (QED) is 0.385. The fourth-order valence-electron chi connectivity index (χ4n) is 3.23. The zero-order valence-corrected chi connectivity index (χ0v) is 15.5. The predicted octanol–water partition coefficient (Wildman–Crippen LogP) is 4.62. The van der Waals surface area contributed by atoms with Crippen LogP contribution in [0.15, 0.2) is 69.9 Å². The molecule has 0 aliphatic rings. The Morgan fingerprint density at radius 2 is 1.75 bits per heavy atom. The minimum Gasteiger partial charge on any atom is -0.496 e. The number of aryl methyl sites for hydroxylation is 1. The number of fused-ring (bicyclic) bond motifs is 2. The molecule has 1 aromatic heterocycles. The number of methoxy groups -OCH3 is 1. The summed E-state index contributed by atoms with van der Waals surface area (Å²) >= 11 is 0. The number of hydrogen-bond acceptors (Lipinski definition) is 5. The molecule has 140 valence electrons. The largest absolute Gasteiger partial charge is 0.496 e. The maximum atomic E-state index is 12.7. The van der Waals surface area contributed by atoms with E-state index in [0.29, 0.717) is 22.5 Å². The van der Waals surface area contributed by atoms with Gasteiger partial charge in [-0.2, -0.15) is 0 Å². The summed E-state index contributed by atoms with van der Waals surface area (Å²) in [5.74, 6) is -0.0761. The number of benzene rings is 3. The van der Waals surface area contributed by atoms with Gasteiger partial charge in [-0.3, -0.25) is 0 Å². The molecule has 4 aromatic rings. The van der Waals surface area contributed by atoms with Crippen molar-refractivity contribution in [1.82, 2.24) is 0 Å². The molecule has 0 saturated heterocycles. The number of rotatable bonds is 4. The van der Waals surface area contributed by atoms with Gasteiger partial charge in [0.15, 0.2) is 0 Å². The molecule has 3 aromatic carbocycles. The van der Waals surface area contributed by atoms with Crippen molar-refractivity contribution in [1.29, 1.82) is 0 Å². The zero-order valence-electron chi connectivity index (χ0n) is 15.5. The smallest absolute Gasteiger partial charge is 0.342 e. The molecule has 0 spiro atoms. The van der Waals surface area contributed by atoms with Crippen molar-refractivity contribution in [3.63, 3.8) is 0 Å². The average molecular weight is 374 g/mol. The highest BCUT2D eigenvalue weighted by Gasteiger charge is 2.16. The van der Waals surface area contributed by atoms with E-state index >= 15 is 0 Å². The molecular weight excluding hydrogens is 356 g/mol. The lowest BCUT2D eigenvalue weighted by molar-refractivity contribution is 0.0470. The van der Waals surface area contributed by atoms with E-state index in [4.69, 9.17) is 13.9 Å². The van der Waals surface area contributed by atoms with Crippen molar-refractivity contribution < 1.29 is 18.7 Å². The Morgan fingerprint density at radius 1 is 1.00 bits per heavy atom. The fourth-order valence-corrected chi connectivity index (χ4v) is 3.23. The third kappa shape index (κ3) is 3.34. The third-order valence-electron chi connectivity index (χ3n) is 4.63. The fraction of sp³-hybridized carbons (Fsp3) is 0.130. The first-order chi connectivity index (χ1) is 13.5. The molecule has 0 unspecified atom stereocenters. The maximum Gasteiger partial charge on any atom is 0.342 e. The van der Waals surface area contributed by atoms with E-state index in [0.717, 1.165) is 21.7 Å². The van der Waals surface area contributed by atoms with Gasteiger partial charge in [-0.05, 0) is 41.5 Å². The molecule has 0 amide bonds. The Labute approximate surface area is 161 Å². The standard InChI is InChI=1S/C23H18O5/c1-14-7-8-18-17(12-22(24)28-21(18)9-14)13-27-23(25)19-10-15-5-3-4-6-16(15)11-20(19)26-2/h3-12H,13H2,1-2H3. The molecule has 0 saturated carbocycles. The van der Waals surface area contributed by atoms with E-state index in [2.05, 4.69) is 0 Å². The van der Waals surface area contributed by atoms with Gasteiger partial charge in [-0.1, -0.05) is 36.4 Å². The van der Waals surface area contributed by atoms with E-state index in [9.17, 15) is 9.59 Å². The molecule has 0 N–H and O–H groups in total. The summed E-state index contributed by atoms with van der Waals surface area (Å²) in [6.45, 7) is 1.87. The highest BCUT2D eigenvalue weighted by molar-refractivity contribution is 5.98. The molecule has 0 atom stereocenters. The molecule has 0 aliphatic heterocycles. The van der Waals surface area contributed by atoms with Gasteiger partial charge in [-0.15, -0.1) is 0 Å². The summed E-state index contributed by atoms with van der Waals surface area (Å²) in [7, 11) is 1.51. The number of carbonyl (C=O) groups is 1. The Balaban J connectivity index is 1.66. The summed E-state index contributed by atoms with van der Waals surface area (Å²) in [4.78, 5) is 24.6. The number of esters is 1. The minimum absolute atomic E-state index is 0.0417. The lowest BCUT2D eigenvalue weighted by Gasteiger charge is -2.11. The van der Waals surface area contributed by atoms with E-state index in [1.807, 2.05) is 43.3 Å². The molecule has 0 aliphatic carbocycles. The Bertz CT molecular complexity index is 1250. The van der Waals surface area contributed by atoms with Crippen molar-refractivity contribution in [2.24, 2.45) is 0 Å². The predicted molar refractivity (Wildman–Crippen MR) is 107 cm³/mol. The van der Waals surface area contributed by atoms with Crippen LogP contribution in [0.2, 0.25) is 0 Å². The van der Waals surface area contributed by atoms with Crippen LogP contribution >= 0.6 is 0 Å². The average Bonchev–Trinajstić information content (AvgIpc) is 2.70. The third-order valence-corrected chi connectivity index (χ3v) is 4.63. The monoisotopic (exact) mass is 374 g/mol. The lowest BCUT2D eigenvalue weighted by atomic mass is 10.1. The summed E-state index contributed by atoms with van der Waals surface area (Å²) in [5.41, 5.74) is 1.91. The number of hydrogen-bond donors (Lipinski definition) is 0. The van der Waals surface area contributed by atoms with Crippen LogP contribution in [0.3, 0.4) is 0 Å². The van der Waals surface area contributed by atoms with Crippen molar-refractivity contribution in [2.45, 2.75) is 13.5 Å². The van der Waals surface area contributed by atoms with Gasteiger partial charge in [0.05, 0.1) is 7.11 Å². The lowest BCUT2D eigenvalue weighted by Crippen LogP contribution is -2.09. The summed E-state index contributed by atoms with van der Waals surface area (Å²) in [5, 5.41) is 2.62. The Kier molecular flexibility index (Phi) is 4.57. The van der Waals surface area contributed by atoms with Gasteiger partial charge in [0.2, 0.25) is 0 Å². The Morgan fingerprint density at radius 3 is 2.50 bits per heavy atom. The SMILES string of the molecule is COc1cc2ccccc2cc1C(=O)OCc1cc(=O)oc2cc(C)ccc12. The molecule has 4 rings (SSSR count). The van der Waals surface area contributed by atoms with Crippen LogP contribution in [-0.4, -0.2) is 13.1 Å². The van der Waals surface area contributed by atoms with Crippen LogP contribution in [-0.2, 0) is 11.3 Å². The molecule has 1 heterocycles. The summed E-state index contributed by atoms with van der Waals surface area (Å²) < 4.78 is 16.1. The van der Waals surface area contributed by atoms with Gasteiger partial charge in [-0.25, -0.2) is 9.59 Å². The second-order valence-electron chi connectivity index (χ2n) is 6.57. The van der Waals surface area contributed by atoms with Crippen molar-refractivity contribution in [3.8, 4) is 5.75 Å². The van der Waals surface area contributed by atoms with E-state index in [1.54, 1.807) is 18.2 Å². The van der Waals surface area contributed by atoms with Crippen LogP contribution in [0.4, 0.5) is 0 Å². The topological polar surface area (TPSA) is 65.7 Å². The molecule has 0 fully saturated rings. The molecule has 5 nitrogen and oxygen atoms in total. The molecular formula is C23H18O5. The first-order valence-electron chi connectivity index (χ1n) is 8.82. The van der Waals surface area contributed by atoms with E-state index in [-0.39, 0.29) is 6.61 Å². The molecule has 5 heteroatoms. The van der Waals surface area contributed by atoms with Crippen LogP contribution in [0, 0.1) is 6.92 Å². The van der Waals surface area contributed by atoms with Crippen LogP contribution in [0.25, 0.3) is 21.7 Å². The second kappa shape index (κ2) is 7.19. The second-order valence-corrected chi connectivity index (χ2v) is 6.57. The van der Waals surface area contributed by atoms with Gasteiger partial charge >= 0.3 is 11.6 Å². The molecule has 0 radical (unpaired) electrons. The first kappa shape index (κ1) is 17.8. The summed E-state index contributed by atoms with van der Waals surface area (Å²) in [6.07, 6.45) is 0. The minimum atomic E-state index is -0.517. The normalized spacial score (nSPS) is 10.9. The number of carbonyl (C=O) groups excluding carboxylic acids is 1. The van der Waals surface area contributed by atoms with Crippen molar-refractivity contribution in [2.75, 3.05) is 7.11 Å². The van der Waals surface area contributed by atoms with Crippen LogP contribution < -0.4 is 10.4 Å². The zero-order chi connectivity index (χ0) is 19.7. The van der Waals surface area contributed by atoms with Gasteiger partial charge < -0.3 is 13.9 Å². The van der Waals surface area contributed by atoms with Crippen molar-refractivity contribution in [3.05, 3.63) is 87.8 Å². The first-order valence-corrected chi connectivity index (χ1v) is 8.82. The van der Waals surface area contributed by atoms with Crippen LogP contribution in [0.1, 0.15) is 21.5 Å². The highest BCUT2D eigenvalue weighted by atomic mass is 16.5. The van der Waals surface area contributed by atoms with Gasteiger partial charge in [0, 0.05) is 17.0 Å². The molecule has 0 bridgehead atoms. The van der Waals surface area contributed by atoms with Gasteiger partial charge in [0.25, 0.3) is 0 Å². The molecule has 28 heavy (non-hydrogen) atoms. The van der Waals surface area contributed by atoms with Gasteiger partial charge in [0.1, 0.15) is 23.5 Å². The van der Waals surface area contributed by atoms with Crippen molar-refractivity contribution >= 4 is 27.7 Å². The Hall–Kier alpha value is -3.60. The highest BCUT2D eigenvalue weighted by Crippen LogP contribution is 2.27. The van der Waals surface area contributed by atoms with E-state index < -0.39 is 11.6 Å². The van der Waals surface area contributed by atoms with E-state index in [1.165, 1.54) is 13.2 Å². The van der Waals surface area contributed by atoms with Crippen LogP contribution in [0.5, 0.6) is 5.75 Å². The maximum absolute atomic E-state index is 12.7.